The van der Waals surface area contributed by atoms with Crippen LogP contribution in [0.1, 0.15) is 52.9 Å². The largest absolute Gasteiger partial charge is 0.383 e. The maximum Gasteiger partial charge on any atom is 0.0589 e. The van der Waals surface area contributed by atoms with E-state index in [0.717, 1.165) is 32.2 Å². The van der Waals surface area contributed by atoms with Crippen molar-refractivity contribution in [2.45, 2.75) is 52.9 Å². The lowest BCUT2D eigenvalue weighted by Gasteiger charge is -2.41. The van der Waals surface area contributed by atoms with Crippen molar-refractivity contribution in [2.75, 3.05) is 46.4 Å². The summed E-state index contributed by atoms with van der Waals surface area (Å²) in [5, 5.41) is 3.72. The molecule has 20 heavy (non-hydrogen) atoms. The normalized spacial score (nSPS) is 18.9. The van der Waals surface area contributed by atoms with Gasteiger partial charge < -0.3 is 15.0 Å². The molecule has 0 aliphatic heterocycles. The second-order valence-electron chi connectivity index (χ2n) is 6.95. The van der Waals surface area contributed by atoms with Crippen LogP contribution in [0.3, 0.4) is 0 Å². The zero-order valence-electron chi connectivity index (χ0n) is 14.2. The number of hydrogen-bond donors (Lipinski definition) is 1. The Labute approximate surface area is 126 Å². The van der Waals surface area contributed by atoms with Crippen LogP contribution in [-0.4, -0.2) is 51.3 Å². The summed E-state index contributed by atoms with van der Waals surface area (Å²) >= 11 is 0. The number of rotatable bonds is 10. The third kappa shape index (κ3) is 6.55. The zero-order valence-corrected chi connectivity index (χ0v) is 14.2. The molecule has 1 aliphatic carbocycles. The first-order valence-corrected chi connectivity index (χ1v) is 8.54. The highest BCUT2D eigenvalue weighted by molar-refractivity contribution is 4.88. The van der Waals surface area contributed by atoms with Crippen LogP contribution in [0.4, 0.5) is 0 Å². The van der Waals surface area contributed by atoms with Crippen molar-refractivity contribution < 1.29 is 4.74 Å². The van der Waals surface area contributed by atoms with Gasteiger partial charge in [-0.3, -0.25) is 0 Å². The highest BCUT2D eigenvalue weighted by Crippen LogP contribution is 2.36. The molecule has 0 spiro atoms. The van der Waals surface area contributed by atoms with Crippen molar-refractivity contribution in [2.24, 2.45) is 11.3 Å². The smallest absolute Gasteiger partial charge is 0.0589 e. The average Bonchev–Trinajstić information content (AvgIpc) is 2.44. The summed E-state index contributed by atoms with van der Waals surface area (Å²) in [4.78, 5) is 2.58. The lowest BCUT2D eigenvalue weighted by Crippen LogP contribution is -2.46. The number of nitrogens with zero attached hydrogens (tertiary/aromatic N) is 1. The highest BCUT2D eigenvalue weighted by Gasteiger charge is 2.33. The van der Waals surface area contributed by atoms with E-state index < -0.39 is 0 Å². The molecule has 120 valence electrons. The predicted molar refractivity (Wildman–Crippen MR) is 87.2 cm³/mol. The van der Waals surface area contributed by atoms with Gasteiger partial charge in [0.2, 0.25) is 0 Å². The molecule has 0 heterocycles. The number of hydrogen-bond acceptors (Lipinski definition) is 3. The topological polar surface area (TPSA) is 24.5 Å². The summed E-state index contributed by atoms with van der Waals surface area (Å²) in [7, 11) is 1.80. The Morgan fingerprint density at radius 3 is 2.45 bits per heavy atom. The number of nitrogens with one attached hydrogen (secondary N) is 1. The average molecular weight is 284 g/mol. The molecule has 0 saturated heterocycles. The third-order valence-corrected chi connectivity index (χ3v) is 4.58. The maximum atomic E-state index is 5.25. The molecular weight excluding hydrogens is 248 g/mol. The SMILES string of the molecule is CCN(CCOC)CC1(CNCC(C)C)CCCCC1. The zero-order chi connectivity index (χ0) is 14.8. The molecule has 0 aromatic rings. The fourth-order valence-corrected chi connectivity index (χ4v) is 3.36. The monoisotopic (exact) mass is 284 g/mol. The van der Waals surface area contributed by atoms with Gasteiger partial charge in [0.25, 0.3) is 0 Å². The fourth-order valence-electron chi connectivity index (χ4n) is 3.36. The van der Waals surface area contributed by atoms with Crippen LogP contribution < -0.4 is 5.32 Å². The van der Waals surface area contributed by atoms with E-state index in [2.05, 4.69) is 31.0 Å². The van der Waals surface area contributed by atoms with Gasteiger partial charge in [-0.15, -0.1) is 0 Å². The quantitative estimate of drug-likeness (QED) is 0.667. The Hall–Kier alpha value is -0.120. The van der Waals surface area contributed by atoms with Crippen molar-refractivity contribution in [1.82, 2.24) is 10.2 Å². The molecule has 0 amide bonds. The van der Waals surface area contributed by atoms with Gasteiger partial charge in [-0.2, -0.15) is 0 Å². The molecule has 0 aromatic carbocycles. The molecule has 3 heteroatoms. The van der Waals surface area contributed by atoms with Gasteiger partial charge in [-0.25, -0.2) is 0 Å². The van der Waals surface area contributed by atoms with Gasteiger partial charge in [0.15, 0.2) is 0 Å². The second-order valence-corrected chi connectivity index (χ2v) is 6.95. The van der Waals surface area contributed by atoms with E-state index in [1.54, 1.807) is 7.11 Å². The minimum absolute atomic E-state index is 0.497. The van der Waals surface area contributed by atoms with Crippen LogP contribution in [0.5, 0.6) is 0 Å². The third-order valence-electron chi connectivity index (χ3n) is 4.58. The Morgan fingerprint density at radius 1 is 1.20 bits per heavy atom. The Bertz CT molecular complexity index is 237. The number of methoxy groups -OCH3 is 1. The lowest BCUT2D eigenvalue weighted by atomic mass is 9.73. The van der Waals surface area contributed by atoms with Crippen molar-refractivity contribution in [1.29, 1.82) is 0 Å². The molecule has 0 atom stereocenters. The minimum Gasteiger partial charge on any atom is -0.383 e. The molecule has 1 rings (SSSR count). The lowest BCUT2D eigenvalue weighted by molar-refractivity contribution is 0.0815. The summed E-state index contributed by atoms with van der Waals surface area (Å²) in [6.07, 6.45) is 7.02. The Balaban J connectivity index is 2.52. The Kier molecular flexibility index (Phi) is 8.74. The first kappa shape index (κ1) is 17.9. The predicted octanol–water partition coefficient (Wildman–Crippen LogP) is 3.15. The molecule has 1 fully saturated rings. The van der Waals surface area contributed by atoms with E-state index in [1.165, 1.54) is 45.2 Å². The molecule has 0 bridgehead atoms. The van der Waals surface area contributed by atoms with Gasteiger partial charge in [-0.1, -0.05) is 40.0 Å². The van der Waals surface area contributed by atoms with Crippen molar-refractivity contribution in [3.05, 3.63) is 0 Å². The summed E-state index contributed by atoms with van der Waals surface area (Å²) in [5.74, 6) is 0.742. The molecule has 0 unspecified atom stereocenters. The molecular formula is C17H36N2O. The van der Waals surface area contributed by atoms with E-state index >= 15 is 0 Å². The molecule has 3 nitrogen and oxygen atoms in total. The van der Waals surface area contributed by atoms with Crippen LogP contribution in [0, 0.1) is 11.3 Å². The highest BCUT2D eigenvalue weighted by atomic mass is 16.5. The standard InChI is InChI=1S/C17H36N2O/c1-5-19(11-12-20-4)15-17(9-7-6-8-10-17)14-18-13-16(2)3/h16,18H,5-15H2,1-4H3. The number of likely N-dealkylation sites (N-methyl/N-ethyl adjacent to an activating group) is 1. The molecule has 1 N–H and O–H groups in total. The molecule has 1 saturated carbocycles. The van der Waals surface area contributed by atoms with E-state index in [4.69, 9.17) is 4.74 Å². The summed E-state index contributed by atoms with van der Waals surface area (Å²) < 4.78 is 5.25. The van der Waals surface area contributed by atoms with Crippen molar-refractivity contribution in [3.8, 4) is 0 Å². The van der Waals surface area contributed by atoms with Crippen molar-refractivity contribution in [3.63, 3.8) is 0 Å². The maximum absolute atomic E-state index is 5.25. The number of ether oxygens (including phenoxy) is 1. The molecule has 1 aliphatic rings. The summed E-state index contributed by atoms with van der Waals surface area (Å²) in [5.41, 5.74) is 0.497. The summed E-state index contributed by atoms with van der Waals surface area (Å²) in [6, 6.07) is 0. The molecule has 0 aromatic heterocycles. The van der Waals surface area contributed by atoms with Gasteiger partial charge in [0.05, 0.1) is 6.61 Å². The van der Waals surface area contributed by atoms with Crippen LogP contribution in [0.15, 0.2) is 0 Å². The van der Waals surface area contributed by atoms with Crippen LogP contribution in [0.25, 0.3) is 0 Å². The van der Waals surface area contributed by atoms with Crippen LogP contribution in [-0.2, 0) is 4.74 Å². The van der Waals surface area contributed by atoms with Gasteiger partial charge >= 0.3 is 0 Å². The first-order valence-electron chi connectivity index (χ1n) is 8.54. The minimum atomic E-state index is 0.497. The van der Waals surface area contributed by atoms with Crippen LogP contribution in [0.2, 0.25) is 0 Å². The van der Waals surface area contributed by atoms with E-state index in [9.17, 15) is 0 Å². The van der Waals surface area contributed by atoms with E-state index in [0.29, 0.717) is 5.41 Å². The van der Waals surface area contributed by atoms with Crippen LogP contribution >= 0.6 is 0 Å². The van der Waals surface area contributed by atoms with E-state index in [-0.39, 0.29) is 0 Å². The Morgan fingerprint density at radius 2 is 1.90 bits per heavy atom. The molecule has 0 radical (unpaired) electrons. The van der Waals surface area contributed by atoms with Gasteiger partial charge in [0.1, 0.15) is 0 Å². The van der Waals surface area contributed by atoms with Crippen molar-refractivity contribution >= 4 is 0 Å². The van der Waals surface area contributed by atoms with Gasteiger partial charge in [-0.05, 0) is 37.3 Å². The fraction of sp³-hybridized carbons (Fsp3) is 1.00. The van der Waals surface area contributed by atoms with Gasteiger partial charge in [0, 0.05) is 26.7 Å². The first-order chi connectivity index (χ1) is 9.62. The second kappa shape index (κ2) is 9.75. The summed E-state index contributed by atoms with van der Waals surface area (Å²) in [6.45, 7) is 13.5. The van der Waals surface area contributed by atoms with E-state index in [1.807, 2.05) is 0 Å².